The fourth-order valence-electron chi connectivity index (χ4n) is 2.82. The Balaban J connectivity index is 1.87. The second-order valence-electron chi connectivity index (χ2n) is 6.77. The molecule has 0 saturated heterocycles. The first-order valence-electron chi connectivity index (χ1n) is 9.11. The highest BCUT2D eigenvalue weighted by Crippen LogP contribution is 2.21. The van der Waals surface area contributed by atoms with Crippen molar-refractivity contribution in [2.75, 3.05) is 11.9 Å². The second kappa shape index (κ2) is 9.75. The number of carbonyl (C=O) groups excluding carboxylic acids is 1. The van der Waals surface area contributed by atoms with Crippen molar-refractivity contribution in [2.24, 2.45) is 0 Å². The van der Waals surface area contributed by atoms with E-state index in [2.05, 4.69) is 21.2 Å². The van der Waals surface area contributed by atoms with E-state index in [1.54, 1.807) is 72.8 Å². The molecule has 8 heteroatoms. The van der Waals surface area contributed by atoms with E-state index in [9.17, 15) is 13.2 Å². The molecule has 0 spiro atoms. The number of benzene rings is 3. The van der Waals surface area contributed by atoms with Gasteiger partial charge in [-0.1, -0.05) is 57.4 Å². The molecular formula is C22H20BrClN2O3S. The van der Waals surface area contributed by atoms with Gasteiger partial charge >= 0.3 is 0 Å². The summed E-state index contributed by atoms with van der Waals surface area (Å²) in [6.45, 7) is 1.56. The fraction of sp³-hybridized carbons (Fsp3) is 0.136. The number of sulfonamides is 1. The van der Waals surface area contributed by atoms with Crippen molar-refractivity contribution in [1.29, 1.82) is 0 Å². The number of anilines is 1. The summed E-state index contributed by atoms with van der Waals surface area (Å²) in [7, 11) is -3.90. The number of halogens is 2. The molecule has 3 rings (SSSR count). The zero-order valence-corrected chi connectivity index (χ0v) is 19.3. The first kappa shape index (κ1) is 22.5. The monoisotopic (exact) mass is 506 g/mol. The molecule has 3 aromatic carbocycles. The number of rotatable bonds is 7. The molecule has 156 valence electrons. The molecule has 0 radical (unpaired) electrons. The topological polar surface area (TPSA) is 66.5 Å². The average Bonchev–Trinajstić information content (AvgIpc) is 2.69. The Morgan fingerprint density at radius 3 is 2.33 bits per heavy atom. The number of hydrogen-bond donors (Lipinski definition) is 1. The third-order valence-corrected chi connectivity index (χ3v) is 6.92. The summed E-state index contributed by atoms with van der Waals surface area (Å²) in [5.74, 6) is -0.435. The maximum Gasteiger partial charge on any atom is 0.243 e. The Labute approximate surface area is 189 Å². The molecule has 0 saturated carbocycles. The van der Waals surface area contributed by atoms with Crippen molar-refractivity contribution in [1.82, 2.24) is 4.31 Å². The van der Waals surface area contributed by atoms with Crippen LogP contribution in [0.15, 0.2) is 82.2 Å². The molecule has 0 bridgehead atoms. The molecule has 0 heterocycles. The molecule has 30 heavy (non-hydrogen) atoms. The van der Waals surface area contributed by atoms with Crippen LogP contribution in [0.2, 0.25) is 5.02 Å². The number of aryl methyl sites for hydroxylation is 1. The van der Waals surface area contributed by atoms with Gasteiger partial charge in [-0.15, -0.1) is 0 Å². The van der Waals surface area contributed by atoms with E-state index >= 15 is 0 Å². The SMILES string of the molecule is Cc1ccc(S(=O)(=O)N(CC(=O)Nc2ccc(Br)cc2)Cc2cccc(Cl)c2)cc1. The van der Waals surface area contributed by atoms with Crippen molar-refractivity contribution in [3.8, 4) is 0 Å². The largest absolute Gasteiger partial charge is 0.325 e. The Kier molecular flexibility index (Phi) is 7.31. The molecule has 3 aromatic rings. The predicted molar refractivity (Wildman–Crippen MR) is 123 cm³/mol. The third kappa shape index (κ3) is 5.92. The summed E-state index contributed by atoms with van der Waals surface area (Å²) in [6, 6.07) is 20.5. The third-order valence-electron chi connectivity index (χ3n) is 4.35. The molecule has 0 aliphatic carbocycles. The molecular weight excluding hydrogens is 488 g/mol. The van der Waals surface area contributed by atoms with Crippen LogP contribution in [-0.2, 0) is 21.4 Å². The van der Waals surface area contributed by atoms with Gasteiger partial charge < -0.3 is 5.32 Å². The van der Waals surface area contributed by atoms with Crippen molar-refractivity contribution in [2.45, 2.75) is 18.4 Å². The van der Waals surface area contributed by atoms with Crippen molar-refractivity contribution < 1.29 is 13.2 Å². The quantitative estimate of drug-likeness (QED) is 0.475. The van der Waals surface area contributed by atoms with Crippen LogP contribution < -0.4 is 5.32 Å². The number of nitrogens with zero attached hydrogens (tertiary/aromatic N) is 1. The Hall–Kier alpha value is -2.19. The van der Waals surface area contributed by atoms with E-state index in [-0.39, 0.29) is 18.0 Å². The lowest BCUT2D eigenvalue weighted by molar-refractivity contribution is -0.116. The summed E-state index contributed by atoms with van der Waals surface area (Å²) < 4.78 is 28.6. The van der Waals surface area contributed by atoms with Gasteiger partial charge in [-0.25, -0.2) is 8.42 Å². The van der Waals surface area contributed by atoms with E-state index in [4.69, 9.17) is 11.6 Å². The lowest BCUT2D eigenvalue weighted by Crippen LogP contribution is -2.37. The molecule has 0 unspecified atom stereocenters. The first-order chi connectivity index (χ1) is 14.2. The minimum atomic E-state index is -3.90. The van der Waals surface area contributed by atoms with Crippen LogP contribution >= 0.6 is 27.5 Å². The van der Waals surface area contributed by atoms with Gasteiger partial charge in [-0.3, -0.25) is 4.79 Å². The second-order valence-corrected chi connectivity index (χ2v) is 10.1. The first-order valence-corrected chi connectivity index (χ1v) is 11.7. The molecule has 0 aliphatic heterocycles. The van der Waals surface area contributed by atoms with Gasteiger partial charge in [0.1, 0.15) is 0 Å². The van der Waals surface area contributed by atoms with Crippen molar-refractivity contribution in [3.63, 3.8) is 0 Å². The predicted octanol–water partition coefficient (Wildman–Crippen LogP) is 5.24. The minimum Gasteiger partial charge on any atom is -0.325 e. The van der Waals surface area contributed by atoms with E-state index in [0.29, 0.717) is 16.3 Å². The maximum absolute atomic E-state index is 13.3. The van der Waals surface area contributed by atoms with Gasteiger partial charge in [0.2, 0.25) is 15.9 Å². The minimum absolute atomic E-state index is 0.0184. The van der Waals surface area contributed by atoms with Gasteiger partial charge in [-0.2, -0.15) is 4.31 Å². The average molecular weight is 508 g/mol. The number of nitrogens with one attached hydrogen (secondary N) is 1. The summed E-state index contributed by atoms with van der Waals surface area (Å²) in [4.78, 5) is 12.8. The van der Waals surface area contributed by atoms with Gasteiger partial charge in [0.15, 0.2) is 0 Å². The van der Waals surface area contributed by atoms with Gasteiger partial charge in [-0.05, 0) is 61.0 Å². The van der Waals surface area contributed by atoms with Crippen molar-refractivity contribution in [3.05, 3.63) is 93.4 Å². The Bertz CT molecular complexity index is 1130. The van der Waals surface area contributed by atoms with Crippen LogP contribution in [0.25, 0.3) is 0 Å². The van der Waals surface area contributed by atoms with Crippen LogP contribution in [0.4, 0.5) is 5.69 Å². The molecule has 5 nitrogen and oxygen atoms in total. The smallest absolute Gasteiger partial charge is 0.243 e. The lowest BCUT2D eigenvalue weighted by atomic mass is 10.2. The molecule has 0 fully saturated rings. The summed E-state index contributed by atoms with van der Waals surface area (Å²) in [6.07, 6.45) is 0. The normalized spacial score (nSPS) is 11.5. The highest BCUT2D eigenvalue weighted by Gasteiger charge is 2.27. The van der Waals surface area contributed by atoms with E-state index < -0.39 is 15.9 Å². The highest BCUT2D eigenvalue weighted by molar-refractivity contribution is 9.10. The van der Waals surface area contributed by atoms with Crippen molar-refractivity contribution >= 4 is 49.1 Å². The van der Waals surface area contributed by atoms with Crippen LogP contribution in [0.1, 0.15) is 11.1 Å². The van der Waals surface area contributed by atoms with E-state index in [1.807, 2.05) is 6.92 Å². The number of hydrogen-bond acceptors (Lipinski definition) is 3. The van der Waals surface area contributed by atoms with E-state index in [0.717, 1.165) is 14.3 Å². The zero-order valence-electron chi connectivity index (χ0n) is 16.2. The van der Waals surface area contributed by atoms with Gasteiger partial charge in [0.25, 0.3) is 0 Å². The molecule has 1 amide bonds. The Morgan fingerprint density at radius 1 is 1.03 bits per heavy atom. The van der Waals surface area contributed by atoms with Gasteiger partial charge in [0.05, 0.1) is 11.4 Å². The zero-order chi connectivity index (χ0) is 21.7. The molecule has 0 aliphatic rings. The van der Waals surface area contributed by atoms with Crippen LogP contribution in [0.3, 0.4) is 0 Å². The van der Waals surface area contributed by atoms with Crippen LogP contribution in [0, 0.1) is 6.92 Å². The number of carbonyl (C=O) groups is 1. The summed E-state index contributed by atoms with van der Waals surface area (Å²) in [5.41, 5.74) is 2.22. The Morgan fingerprint density at radius 2 is 1.70 bits per heavy atom. The maximum atomic E-state index is 13.3. The highest BCUT2D eigenvalue weighted by atomic mass is 79.9. The number of amides is 1. The molecule has 0 aromatic heterocycles. The molecule has 0 atom stereocenters. The summed E-state index contributed by atoms with van der Waals surface area (Å²) >= 11 is 9.39. The van der Waals surface area contributed by atoms with Crippen LogP contribution in [0.5, 0.6) is 0 Å². The molecule has 1 N–H and O–H groups in total. The fourth-order valence-corrected chi connectivity index (χ4v) is 4.68. The van der Waals surface area contributed by atoms with Gasteiger partial charge in [0, 0.05) is 21.7 Å². The summed E-state index contributed by atoms with van der Waals surface area (Å²) in [5, 5.41) is 3.24. The standard InChI is InChI=1S/C22H20BrClN2O3S/c1-16-5-11-21(12-6-16)30(28,29)26(14-17-3-2-4-19(24)13-17)15-22(27)25-20-9-7-18(23)8-10-20/h2-13H,14-15H2,1H3,(H,25,27). The van der Waals surface area contributed by atoms with Crippen LogP contribution in [-0.4, -0.2) is 25.2 Å². The lowest BCUT2D eigenvalue weighted by Gasteiger charge is -2.22. The van der Waals surface area contributed by atoms with E-state index in [1.165, 1.54) is 0 Å².